The highest BCUT2D eigenvalue weighted by atomic mass is 16.6. The van der Waals surface area contributed by atoms with Gasteiger partial charge in [0.25, 0.3) is 0 Å². The molecule has 2 unspecified atom stereocenters. The fraction of sp³-hybridized carbons (Fsp3) is 0.818. The lowest BCUT2D eigenvalue weighted by molar-refractivity contribution is -0.159. The van der Waals surface area contributed by atoms with Gasteiger partial charge in [-0.05, 0) is 27.2 Å². The van der Waals surface area contributed by atoms with Gasteiger partial charge in [0.15, 0.2) is 0 Å². The van der Waals surface area contributed by atoms with Gasteiger partial charge in [-0.3, -0.25) is 15.4 Å². The van der Waals surface area contributed by atoms with Crippen LogP contribution in [0.5, 0.6) is 0 Å². The molecule has 0 bridgehead atoms. The highest BCUT2D eigenvalue weighted by molar-refractivity contribution is 5.79. The van der Waals surface area contributed by atoms with E-state index < -0.39 is 17.6 Å². The Morgan fingerprint density at radius 1 is 1.29 bits per heavy atom. The smallest absolute Gasteiger partial charge is 0.324 e. The van der Waals surface area contributed by atoms with Crippen LogP contribution in [0.3, 0.4) is 0 Å². The summed E-state index contributed by atoms with van der Waals surface area (Å²) in [4.78, 5) is 23.2. The number of hydrazine groups is 1. The van der Waals surface area contributed by atoms with Gasteiger partial charge in [0, 0.05) is 6.54 Å². The van der Waals surface area contributed by atoms with Gasteiger partial charge in [-0.15, -0.1) is 0 Å². The standard InChI is InChI=1S/C11H20N2O4/c1-11(2,3)17-9(14)7-5-8(10(15)16-4)13(12)6-7/h7-8H,5-6,12H2,1-4H3. The van der Waals surface area contributed by atoms with Gasteiger partial charge < -0.3 is 9.47 Å². The molecule has 0 aromatic heterocycles. The molecular weight excluding hydrogens is 224 g/mol. The van der Waals surface area contributed by atoms with Crippen molar-refractivity contribution in [3.05, 3.63) is 0 Å². The summed E-state index contributed by atoms with van der Waals surface area (Å²) in [5, 5.41) is 1.33. The number of ether oxygens (including phenoxy) is 2. The summed E-state index contributed by atoms with van der Waals surface area (Å²) in [6.45, 7) is 5.72. The van der Waals surface area contributed by atoms with E-state index >= 15 is 0 Å². The number of esters is 2. The monoisotopic (exact) mass is 244 g/mol. The quantitative estimate of drug-likeness (QED) is 0.546. The molecule has 0 aromatic carbocycles. The summed E-state index contributed by atoms with van der Waals surface area (Å²) in [6.07, 6.45) is 0.345. The van der Waals surface area contributed by atoms with Crippen LogP contribution in [0.15, 0.2) is 0 Å². The lowest BCUT2D eigenvalue weighted by Crippen LogP contribution is -2.41. The van der Waals surface area contributed by atoms with Crippen molar-refractivity contribution in [1.29, 1.82) is 0 Å². The highest BCUT2D eigenvalue weighted by Crippen LogP contribution is 2.24. The molecule has 1 aliphatic heterocycles. The van der Waals surface area contributed by atoms with Crippen molar-refractivity contribution in [2.75, 3.05) is 13.7 Å². The Labute approximate surface area is 101 Å². The molecule has 1 rings (SSSR count). The Morgan fingerprint density at radius 2 is 1.88 bits per heavy atom. The summed E-state index contributed by atoms with van der Waals surface area (Å²) in [7, 11) is 1.30. The molecule has 0 amide bonds. The van der Waals surface area contributed by atoms with E-state index in [0.29, 0.717) is 13.0 Å². The second-order valence-corrected chi connectivity index (χ2v) is 5.20. The Balaban J connectivity index is 2.60. The van der Waals surface area contributed by atoms with Crippen LogP contribution in [0.4, 0.5) is 0 Å². The Bertz CT molecular complexity index is 311. The van der Waals surface area contributed by atoms with Crippen molar-refractivity contribution in [2.45, 2.75) is 38.8 Å². The molecule has 1 heterocycles. The van der Waals surface area contributed by atoms with Crippen LogP contribution in [0.2, 0.25) is 0 Å². The minimum Gasteiger partial charge on any atom is -0.468 e. The molecule has 0 aliphatic carbocycles. The molecule has 1 aliphatic rings. The first kappa shape index (κ1) is 13.9. The zero-order chi connectivity index (χ0) is 13.2. The third kappa shape index (κ3) is 3.67. The van der Waals surface area contributed by atoms with E-state index in [1.54, 1.807) is 20.8 Å². The fourth-order valence-electron chi connectivity index (χ4n) is 1.78. The van der Waals surface area contributed by atoms with E-state index in [9.17, 15) is 9.59 Å². The van der Waals surface area contributed by atoms with Crippen molar-refractivity contribution >= 4 is 11.9 Å². The maximum Gasteiger partial charge on any atom is 0.324 e. The van der Waals surface area contributed by atoms with Crippen LogP contribution >= 0.6 is 0 Å². The fourth-order valence-corrected chi connectivity index (χ4v) is 1.78. The van der Waals surface area contributed by atoms with Crippen LogP contribution in [-0.4, -0.2) is 42.2 Å². The van der Waals surface area contributed by atoms with E-state index in [0.717, 1.165) is 0 Å². The Kier molecular flexibility index (Phi) is 4.11. The van der Waals surface area contributed by atoms with Gasteiger partial charge in [0.05, 0.1) is 13.0 Å². The number of carbonyl (C=O) groups excluding carboxylic acids is 2. The average Bonchev–Trinajstić information content (AvgIpc) is 2.57. The molecule has 0 radical (unpaired) electrons. The Morgan fingerprint density at radius 3 is 2.35 bits per heavy atom. The maximum absolute atomic E-state index is 11.8. The largest absolute Gasteiger partial charge is 0.468 e. The van der Waals surface area contributed by atoms with Gasteiger partial charge in [0.1, 0.15) is 11.6 Å². The van der Waals surface area contributed by atoms with Crippen molar-refractivity contribution in [3.63, 3.8) is 0 Å². The molecule has 6 nitrogen and oxygen atoms in total. The summed E-state index contributed by atoms with van der Waals surface area (Å²) in [6, 6.07) is -0.558. The first-order chi connectivity index (χ1) is 7.74. The van der Waals surface area contributed by atoms with Crippen molar-refractivity contribution in [3.8, 4) is 0 Å². The lowest BCUT2D eigenvalue weighted by Gasteiger charge is -2.21. The number of hydrogen-bond donors (Lipinski definition) is 1. The molecule has 2 atom stereocenters. The summed E-state index contributed by atoms with van der Waals surface area (Å²) >= 11 is 0. The number of carbonyl (C=O) groups is 2. The zero-order valence-electron chi connectivity index (χ0n) is 10.7. The predicted octanol–water partition coefficient (Wildman–Crippen LogP) is 0.0653. The minimum atomic E-state index is -0.558. The third-order valence-corrected chi connectivity index (χ3v) is 2.55. The molecule has 6 heteroatoms. The van der Waals surface area contributed by atoms with E-state index in [1.807, 2.05) is 0 Å². The molecule has 0 saturated carbocycles. The number of rotatable bonds is 2. The molecule has 1 fully saturated rings. The van der Waals surface area contributed by atoms with Crippen LogP contribution in [0.1, 0.15) is 27.2 Å². The summed E-state index contributed by atoms with van der Waals surface area (Å²) in [5.74, 6) is 4.56. The maximum atomic E-state index is 11.8. The van der Waals surface area contributed by atoms with Crippen LogP contribution in [0, 0.1) is 5.92 Å². The van der Waals surface area contributed by atoms with Crippen LogP contribution < -0.4 is 5.84 Å². The predicted molar refractivity (Wildman–Crippen MR) is 60.6 cm³/mol. The molecule has 0 aromatic rings. The van der Waals surface area contributed by atoms with Crippen molar-refractivity contribution < 1.29 is 19.1 Å². The molecule has 2 N–H and O–H groups in total. The molecule has 98 valence electrons. The second-order valence-electron chi connectivity index (χ2n) is 5.20. The molecule has 17 heavy (non-hydrogen) atoms. The van der Waals surface area contributed by atoms with Crippen LogP contribution in [0.25, 0.3) is 0 Å². The zero-order valence-corrected chi connectivity index (χ0v) is 10.7. The summed E-state index contributed by atoms with van der Waals surface area (Å²) in [5.41, 5.74) is -0.528. The minimum absolute atomic E-state index is 0.314. The van der Waals surface area contributed by atoms with Gasteiger partial charge in [-0.1, -0.05) is 0 Å². The van der Waals surface area contributed by atoms with Gasteiger partial charge >= 0.3 is 11.9 Å². The SMILES string of the molecule is COC(=O)C1CC(C(=O)OC(C)(C)C)CN1N. The first-order valence-corrected chi connectivity index (χ1v) is 5.56. The molecular formula is C11H20N2O4. The highest BCUT2D eigenvalue weighted by Gasteiger charge is 2.40. The van der Waals surface area contributed by atoms with Crippen molar-refractivity contribution in [1.82, 2.24) is 5.01 Å². The number of nitrogens with two attached hydrogens (primary N) is 1. The van der Waals surface area contributed by atoms with Gasteiger partial charge in [-0.2, -0.15) is 0 Å². The van der Waals surface area contributed by atoms with Gasteiger partial charge in [0.2, 0.25) is 0 Å². The normalized spacial score (nSPS) is 25.7. The molecule has 1 saturated heterocycles. The van der Waals surface area contributed by atoms with E-state index in [1.165, 1.54) is 12.1 Å². The van der Waals surface area contributed by atoms with E-state index in [-0.39, 0.29) is 11.9 Å². The lowest BCUT2D eigenvalue weighted by atomic mass is 10.1. The topological polar surface area (TPSA) is 81.9 Å². The summed E-state index contributed by atoms with van der Waals surface area (Å²) < 4.78 is 9.88. The van der Waals surface area contributed by atoms with Crippen molar-refractivity contribution in [2.24, 2.45) is 11.8 Å². The second kappa shape index (κ2) is 5.01. The van der Waals surface area contributed by atoms with Gasteiger partial charge in [-0.25, -0.2) is 5.01 Å². The Hall–Kier alpha value is -1.14. The van der Waals surface area contributed by atoms with E-state index in [4.69, 9.17) is 10.6 Å². The number of methoxy groups -OCH3 is 1. The average molecular weight is 244 g/mol. The number of hydrogen-bond acceptors (Lipinski definition) is 6. The number of nitrogens with zero attached hydrogens (tertiary/aromatic N) is 1. The van der Waals surface area contributed by atoms with E-state index in [2.05, 4.69) is 4.74 Å². The van der Waals surface area contributed by atoms with Crippen LogP contribution in [-0.2, 0) is 19.1 Å². The molecule has 0 spiro atoms. The first-order valence-electron chi connectivity index (χ1n) is 5.56. The third-order valence-electron chi connectivity index (χ3n) is 2.55.